The molecule has 1 fully saturated rings. The summed E-state index contributed by atoms with van der Waals surface area (Å²) in [4.78, 5) is 0. The average molecular weight is 196 g/mol. The Balaban J connectivity index is 2.57. The van der Waals surface area contributed by atoms with Gasteiger partial charge in [0.05, 0.1) is 0 Å². The van der Waals surface area contributed by atoms with Gasteiger partial charge in [0.1, 0.15) is 0 Å². The van der Waals surface area contributed by atoms with Crippen LogP contribution in [0.15, 0.2) is 0 Å². The molecule has 84 valence electrons. The van der Waals surface area contributed by atoms with Crippen molar-refractivity contribution in [2.75, 3.05) is 0 Å². The van der Waals surface area contributed by atoms with Gasteiger partial charge in [0.15, 0.2) is 0 Å². The van der Waals surface area contributed by atoms with Gasteiger partial charge in [-0.1, -0.05) is 53.9 Å². The Hall–Kier alpha value is 0. The minimum Gasteiger partial charge on any atom is -0.0654 e. The van der Waals surface area contributed by atoms with Crippen LogP contribution in [0.3, 0.4) is 0 Å². The molecule has 0 saturated heterocycles. The Labute approximate surface area is 90.5 Å². The van der Waals surface area contributed by atoms with Gasteiger partial charge in [-0.15, -0.1) is 0 Å². The van der Waals surface area contributed by atoms with Crippen LogP contribution in [-0.4, -0.2) is 0 Å². The van der Waals surface area contributed by atoms with Gasteiger partial charge in [-0.05, 0) is 36.0 Å². The van der Waals surface area contributed by atoms with Gasteiger partial charge in [-0.3, -0.25) is 0 Å². The van der Waals surface area contributed by atoms with Crippen LogP contribution in [0.25, 0.3) is 0 Å². The van der Waals surface area contributed by atoms with Crippen molar-refractivity contribution < 1.29 is 0 Å². The summed E-state index contributed by atoms with van der Waals surface area (Å²) in [5, 5.41) is 0. The fraction of sp³-hybridized carbons (Fsp3) is 1.00. The summed E-state index contributed by atoms with van der Waals surface area (Å²) in [6, 6.07) is 0. The normalized spacial score (nSPS) is 33.2. The van der Waals surface area contributed by atoms with E-state index in [1.165, 1.54) is 38.5 Å². The second-order valence-electron chi connectivity index (χ2n) is 6.40. The third-order valence-corrected chi connectivity index (χ3v) is 4.74. The number of hydrogen-bond donors (Lipinski definition) is 0. The fourth-order valence-electron chi connectivity index (χ4n) is 3.30. The third kappa shape index (κ3) is 2.32. The summed E-state index contributed by atoms with van der Waals surface area (Å²) < 4.78 is 0. The molecule has 1 rings (SSSR count). The monoisotopic (exact) mass is 196 g/mol. The highest BCUT2D eigenvalue weighted by molar-refractivity contribution is 4.95. The van der Waals surface area contributed by atoms with Crippen LogP contribution in [0.5, 0.6) is 0 Å². The molecule has 0 aliphatic heterocycles. The van der Waals surface area contributed by atoms with Gasteiger partial charge in [-0.25, -0.2) is 0 Å². The molecular formula is C14H28. The zero-order valence-corrected chi connectivity index (χ0v) is 10.8. The summed E-state index contributed by atoms with van der Waals surface area (Å²) in [6.07, 6.45) is 8.52. The molecule has 0 bridgehead atoms. The molecule has 0 N–H and O–H groups in total. The quantitative estimate of drug-likeness (QED) is 0.591. The molecule has 0 aromatic carbocycles. The maximum Gasteiger partial charge on any atom is -0.0272 e. The van der Waals surface area contributed by atoms with Crippen LogP contribution in [-0.2, 0) is 0 Å². The van der Waals surface area contributed by atoms with Gasteiger partial charge >= 0.3 is 0 Å². The van der Waals surface area contributed by atoms with Crippen molar-refractivity contribution in [2.24, 2.45) is 16.7 Å². The van der Waals surface area contributed by atoms with E-state index in [0.717, 1.165) is 5.92 Å². The topological polar surface area (TPSA) is 0 Å². The van der Waals surface area contributed by atoms with Crippen LogP contribution in [0.4, 0.5) is 0 Å². The van der Waals surface area contributed by atoms with Crippen molar-refractivity contribution in [1.29, 1.82) is 0 Å². The standard InChI is InChI=1S/C14H28/c1-6-8-12(2)11-14(5)10-7-9-13(14,3)4/h12H,6-11H2,1-5H3. The SMILES string of the molecule is CCCC(C)CC1(C)CCCC1(C)C. The van der Waals surface area contributed by atoms with Crippen LogP contribution in [0.1, 0.15) is 73.1 Å². The smallest absolute Gasteiger partial charge is 0.0272 e. The van der Waals surface area contributed by atoms with Crippen molar-refractivity contribution in [2.45, 2.75) is 73.1 Å². The van der Waals surface area contributed by atoms with Crippen molar-refractivity contribution in [3.8, 4) is 0 Å². The second kappa shape index (κ2) is 4.24. The molecular weight excluding hydrogens is 168 g/mol. The predicted octanol–water partition coefficient (Wildman–Crippen LogP) is 5.03. The van der Waals surface area contributed by atoms with E-state index in [1.807, 2.05) is 0 Å². The number of rotatable bonds is 4. The Morgan fingerprint density at radius 1 is 1.14 bits per heavy atom. The lowest BCUT2D eigenvalue weighted by Gasteiger charge is -2.40. The molecule has 0 heteroatoms. The molecule has 0 spiro atoms. The van der Waals surface area contributed by atoms with Gasteiger partial charge in [0.25, 0.3) is 0 Å². The largest absolute Gasteiger partial charge is 0.0654 e. The summed E-state index contributed by atoms with van der Waals surface area (Å²) in [5.41, 5.74) is 1.19. The van der Waals surface area contributed by atoms with E-state index < -0.39 is 0 Å². The molecule has 2 unspecified atom stereocenters. The first-order valence-corrected chi connectivity index (χ1v) is 6.41. The summed E-state index contributed by atoms with van der Waals surface area (Å²) in [5.74, 6) is 0.919. The summed E-state index contributed by atoms with van der Waals surface area (Å²) in [6.45, 7) is 12.2. The van der Waals surface area contributed by atoms with Crippen molar-refractivity contribution >= 4 is 0 Å². The first kappa shape index (κ1) is 12.1. The van der Waals surface area contributed by atoms with E-state index in [4.69, 9.17) is 0 Å². The zero-order chi connectivity index (χ0) is 10.8. The Bertz CT molecular complexity index is 180. The van der Waals surface area contributed by atoms with Crippen LogP contribution in [0.2, 0.25) is 0 Å². The fourth-order valence-corrected chi connectivity index (χ4v) is 3.30. The summed E-state index contributed by atoms with van der Waals surface area (Å²) in [7, 11) is 0. The zero-order valence-electron chi connectivity index (χ0n) is 10.8. The third-order valence-electron chi connectivity index (χ3n) is 4.74. The van der Waals surface area contributed by atoms with Gasteiger partial charge in [-0.2, -0.15) is 0 Å². The molecule has 0 aromatic rings. The van der Waals surface area contributed by atoms with E-state index in [-0.39, 0.29) is 0 Å². The first-order valence-electron chi connectivity index (χ1n) is 6.41. The number of hydrogen-bond acceptors (Lipinski definition) is 0. The lowest BCUT2D eigenvalue weighted by Crippen LogP contribution is -2.31. The Morgan fingerprint density at radius 2 is 1.79 bits per heavy atom. The Kier molecular flexibility index (Phi) is 3.66. The molecule has 14 heavy (non-hydrogen) atoms. The molecule has 0 nitrogen and oxygen atoms in total. The second-order valence-corrected chi connectivity index (χ2v) is 6.40. The maximum absolute atomic E-state index is 2.52. The van der Waals surface area contributed by atoms with E-state index in [9.17, 15) is 0 Å². The minimum absolute atomic E-state index is 0.578. The highest BCUT2D eigenvalue weighted by Gasteiger charge is 2.44. The molecule has 2 atom stereocenters. The van der Waals surface area contributed by atoms with E-state index >= 15 is 0 Å². The van der Waals surface area contributed by atoms with Gasteiger partial charge in [0, 0.05) is 0 Å². The molecule has 0 radical (unpaired) electrons. The highest BCUT2D eigenvalue weighted by Crippen LogP contribution is 2.55. The predicted molar refractivity (Wildman–Crippen MR) is 64.4 cm³/mol. The van der Waals surface area contributed by atoms with Gasteiger partial charge < -0.3 is 0 Å². The molecule has 1 aliphatic rings. The van der Waals surface area contributed by atoms with Gasteiger partial charge in [0.2, 0.25) is 0 Å². The maximum atomic E-state index is 2.52. The average Bonchev–Trinajstić information content (AvgIpc) is 2.26. The van der Waals surface area contributed by atoms with Crippen LogP contribution >= 0.6 is 0 Å². The summed E-state index contributed by atoms with van der Waals surface area (Å²) >= 11 is 0. The van der Waals surface area contributed by atoms with Crippen LogP contribution < -0.4 is 0 Å². The van der Waals surface area contributed by atoms with Crippen molar-refractivity contribution in [3.63, 3.8) is 0 Å². The minimum atomic E-state index is 0.578. The molecule has 1 saturated carbocycles. The molecule has 0 heterocycles. The van der Waals surface area contributed by atoms with E-state index in [1.54, 1.807) is 0 Å². The molecule has 0 aromatic heterocycles. The van der Waals surface area contributed by atoms with E-state index in [2.05, 4.69) is 34.6 Å². The molecule has 1 aliphatic carbocycles. The lowest BCUT2D eigenvalue weighted by molar-refractivity contribution is 0.0964. The van der Waals surface area contributed by atoms with Crippen LogP contribution in [0, 0.1) is 16.7 Å². The van der Waals surface area contributed by atoms with E-state index in [0.29, 0.717) is 10.8 Å². The molecule has 0 amide bonds. The lowest BCUT2D eigenvalue weighted by atomic mass is 9.65. The van der Waals surface area contributed by atoms with Crippen molar-refractivity contribution in [3.05, 3.63) is 0 Å². The highest BCUT2D eigenvalue weighted by atomic mass is 14.5. The Morgan fingerprint density at radius 3 is 2.21 bits per heavy atom. The van der Waals surface area contributed by atoms with Crippen molar-refractivity contribution in [1.82, 2.24) is 0 Å². The first-order chi connectivity index (χ1) is 6.41.